The van der Waals surface area contributed by atoms with Crippen LogP contribution in [0.2, 0.25) is 0 Å². The van der Waals surface area contributed by atoms with Crippen molar-refractivity contribution in [3.8, 4) is 11.5 Å². The van der Waals surface area contributed by atoms with Gasteiger partial charge in [0.25, 0.3) is 0 Å². The van der Waals surface area contributed by atoms with Crippen molar-refractivity contribution in [3.63, 3.8) is 0 Å². The fraction of sp³-hybridized carbons (Fsp3) is 0.350. The number of hydrogen-bond donors (Lipinski definition) is 1. The van der Waals surface area contributed by atoms with E-state index in [0.29, 0.717) is 11.5 Å². The summed E-state index contributed by atoms with van der Waals surface area (Å²) in [5, 5.41) is 9.37. The summed E-state index contributed by atoms with van der Waals surface area (Å²) in [5.41, 5.74) is 1.62. The van der Waals surface area contributed by atoms with Gasteiger partial charge in [-0.1, -0.05) is 0 Å². The third kappa shape index (κ3) is 4.75. The summed E-state index contributed by atoms with van der Waals surface area (Å²) in [7, 11) is 3.20. The lowest BCUT2D eigenvalue weighted by Crippen LogP contribution is -2.44. The molecule has 1 fully saturated rings. The summed E-state index contributed by atoms with van der Waals surface area (Å²) in [6.45, 7) is 0.748. The summed E-state index contributed by atoms with van der Waals surface area (Å²) in [4.78, 5) is 16.7. The molecular formula is C20H24N4O3. The first-order valence-electron chi connectivity index (χ1n) is 8.95. The van der Waals surface area contributed by atoms with Crippen molar-refractivity contribution in [3.05, 3.63) is 48.3 Å². The number of carbonyl (C=O) groups excluding carboxylic acids is 1. The van der Waals surface area contributed by atoms with Crippen molar-refractivity contribution >= 4 is 17.8 Å². The number of pyridine rings is 1. The number of ether oxygens (including phenoxy) is 2. The molecule has 1 unspecified atom stereocenters. The highest BCUT2D eigenvalue weighted by atomic mass is 16.5. The monoisotopic (exact) mass is 368 g/mol. The van der Waals surface area contributed by atoms with Crippen LogP contribution in [0.4, 0.5) is 5.69 Å². The zero-order valence-corrected chi connectivity index (χ0v) is 15.6. The van der Waals surface area contributed by atoms with Gasteiger partial charge in [0.15, 0.2) is 11.5 Å². The van der Waals surface area contributed by atoms with Crippen molar-refractivity contribution in [1.82, 2.24) is 9.99 Å². The first-order chi connectivity index (χ1) is 13.2. The molecule has 2 aromatic rings. The maximum absolute atomic E-state index is 12.7. The van der Waals surface area contributed by atoms with Gasteiger partial charge in [0.2, 0.25) is 5.91 Å². The molecule has 2 heterocycles. The number of anilines is 1. The minimum atomic E-state index is -0.289. The number of aromatic nitrogens is 1. The van der Waals surface area contributed by atoms with Gasteiger partial charge in [-0.2, -0.15) is 5.10 Å². The fourth-order valence-corrected chi connectivity index (χ4v) is 3.06. The van der Waals surface area contributed by atoms with E-state index < -0.39 is 0 Å². The molecule has 0 spiro atoms. The lowest BCUT2D eigenvalue weighted by Gasteiger charge is -2.32. The van der Waals surface area contributed by atoms with Crippen LogP contribution in [0.15, 0.2) is 47.8 Å². The number of methoxy groups -OCH3 is 2. The number of nitrogens with one attached hydrogen (secondary N) is 1. The van der Waals surface area contributed by atoms with Gasteiger partial charge in [-0.05, 0) is 55.2 Å². The predicted molar refractivity (Wildman–Crippen MR) is 104 cm³/mol. The average molecular weight is 368 g/mol. The molecule has 142 valence electrons. The molecule has 1 aromatic carbocycles. The normalized spacial score (nSPS) is 17.0. The van der Waals surface area contributed by atoms with E-state index in [4.69, 9.17) is 9.47 Å². The SMILES string of the molecule is COc1ccc(/C=N/N2CCCCC2C(=O)Nc2ccncc2)cc1OC. The van der Waals surface area contributed by atoms with E-state index in [2.05, 4.69) is 15.4 Å². The zero-order valence-electron chi connectivity index (χ0n) is 15.6. The average Bonchev–Trinajstić information content (AvgIpc) is 2.73. The highest BCUT2D eigenvalue weighted by molar-refractivity contribution is 5.95. The molecule has 1 atom stereocenters. The van der Waals surface area contributed by atoms with Gasteiger partial charge in [-0.3, -0.25) is 14.8 Å². The third-order valence-electron chi connectivity index (χ3n) is 4.49. The zero-order chi connectivity index (χ0) is 19.1. The summed E-state index contributed by atoms with van der Waals surface area (Å²) in [5.74, 6) is 1.26. The first kappa shape index (κ1) is 18.7. The molecule has 1 aliphatic heterocycles. The van der Waals surface area contributed by atoms with Crippen LogP contribution in [0.3, 0.4) is 0 Å². The fourth-order valence-electron chi connectivity index (χ4n) is 3.06. The molecule has 0 radical (unpaired) electrons. The van der Waals surface area contributed by atoms with Crippen molar-refractivity contribution in [2.75, 3.05) is 26.1 Å². The van der Waals surface area contributed by atoms with Gasteiger partial charge < -0.3 is 14.8 Å². The Morgan fingerprint density at radius 1 is 1.19 bits per heavy atom. The lowest BCUT2D eigenvalue weighted by atomic mass is 10.0. The third-order valence-corrected chi connectivity index (χ3v) is 4.49. The van der Waals surface area contributed by atoms with Gasteiger partial charge >= 0.3 is 0 Å². The van der Waals surface area contributed by atoms with Crippen LogP contribution < -0.4 is 14.8 Å². The van der Waals surface area contributed by atoms with Crippen molar-refractivity contribution < 1.29 is 14.3 Å². The number of hydrazone groups is 1. The van der Waals surface area contributed by atoms with Crippen molar-refractivity contribution in [1.29, 1.82) is 0 Å². The standard InChI is InChI=1S/C20H24N4O3/c1-26-18-7-6-15(13-19(18)27-2)14-22-24-12-4-3-5-17(24)20(25)23-16-8-10-21-11-9-16/h6-11,13-14,17H,3-5,12H2,1-2H3,(H,21,23,25)/b22-14+. The van der Waals surface area contributed by atoms with Gasteiger partial charge in [0.05, 0.1) is 20.4 Å². The predicted octanol–water partition coefficient (Wildman–Crippen LogP) is 2.93. The summed E-state index contributed by atoms with van der Waals surface area (Å²) < 4.78 is 10.6. The second-order valence-corrected chi connectivity index (χ2v) is 6.26. The van der Waals surface area contributed by atoms with Crippen molar-refractivity contribution in [2.24, 2.45) is 5.10 Å². The number of benzene rings is 1. The molecule has 27 heavy (non-hydrogen) atoms. The summed E-state index contributed by atoms with van der Waals surface area (Å²) >= 11 is 0. The Bertz CT molecular complexity index is 795. The van der Waals surface area contributed by atoms with E-state index >= 15 is 0 Å². The van der Waals surface area contributed by atoms with E-state index in [1.807, 2.05) is 23.2 Å². The van der Waals surface area contributed by atoms with Gasteiger partial charge in [-0.25, -0.2) is 0 Å². The number of hydrogen-bond acceptors (Lipinski definition) is 6. The molecule has 0 saturated carbocycles. The molecule has 7 nitrogen and oxygen atoms in total. The van der Waals surface area contributed by atoms with E-state index in [-0.39, 0.29) is 11.9 Å². The van der Waals surface area contributed by atoms with Crippen LogP contribution in [0.1, 0.15) is 24.8 Å². The highest BCUT2D eigenvalue weighted by Crippen LogP contribution is 2.27. The Kier molecular flexibility index (Phi) is 6.25. The van der Waals surface area contributed by atoms with Crippen LogP contribution in [0, 0.1) is 0 Å². The number of carbonyl (C=O) groups is 1. The maximum atomic E-state index is 12.7. The molecule has 1 amide bonds. The largest absolute Gasteiger partial charge is 0.493 e. The molecule has 0 aliphatic carbocycles. The molecule has 0 bridgehead atoms. The summed E-state index contributed by atoms with van der Waals surface area (Å²) in [6.07, 6.45) is 7.87. The second kappa shape index (κ2) is 9.02. The molecule has 3 rings (SSSR count). The number of rotatable bonds is 6. The second-order valence-electron chi connectivity index (χ2n) is 6.26. The number of piperidine rings is 1. The Hall–Kier alpha value is -3.09. The van der Waals surface area contributed by atoms with Crippen LogP contribution in [-0.4, -0.2) is 48.9 Å². The van der Waals surface area contributed by atoms with E-state index in [9.17, 15) is 4.79 Å². The molecule has 7 heteroatoms. The van der Waals surface area contributed by atoms with Crippen LogP contribution in [0.25, 0.3) is 0 Å². The van der Waals surface area contributed by atoms with Crippen molar-refractivity contribution in [2.45, 2.75) is 25.3 Å². The Morgan fingerprint density at radius 3 is 2.70 bits per heavy atom. The smallest absolute Gasteiger partial charge is 0.248 e. The molecule has 1 saturated heterocycles. The number of amides is 1. The molecule has 1 aliphatic rings. The number of nitrogens with zero attached hydrogens (tertiary/aromatic N) is 3. The summed E-state index contributed by atoms with van der Waals surface area (Å²) in [6, 6.07) is 8.86. The lowest BCUT2D eigenvalue weighted by molar-refractivity contribution is -0.122. The van der Waals surface area contributed by atoms with Crippen LogP contribution >= 0.6 is 0 Å². The Morgan fingerprint density at radius 2 is 1.96 bits per heavy atom. The van der Waals surface area contributed by atoms with Crippen LogP contribution in [0.5, 0.6) is 11.5 Å². The van der Waals surface area contributed by atoms with Crippen LogP contribution in [-0.2, 0) is 4.79 Å². The topological polar surface area (TPSA) is 76.0 Å². The quantitative estimate of drug-likeness (QED) is 0.794. The van der Waals surface area contributed by atoms with E-state index in [1.165, 1.54) is 0 Å². The Balaban J connectivity index is 1.71. The first-order valence-corrected chi connectivity index (χ1v) is 8.95. The minimum absolute atomic E-state index is 0.0506. The minimum Gasteiger partial charge on any atom is -0.493 e. The highest BCUT2D eigenvalue weighted by Gasteiger charge is 2.27. The molecule has 1 aromatic heterocycles. The van der Waals surface area contributed by atoms with Gasteiger partial charge in [0, 0.05) is 24.6 Å². The molecular weight excluding hydrogens is 344 g/mol. The van der Waals surface area contributed by atoms with Gasteiger partial charge in [0.1, 0.15) is 6.04 Å². The maximum Gasteiger partial charge on any atom is 0.248 e. The van der Waals surface area contributed by atoms with E-state index in [1.54, 1.807) is 45.0 Å². The Labute approximate surface area is 159 Å². The molecule has 1 N–H and O–H groups in total. The van der Waals surface area contributed by atoms with E-state index in [0.717, 1.165) is 37.1 Å². The van der Waals surface area contributed by atoms with Gasteiger partial charge in [-0.15, -0.1) is 0 Å².